The van der Waals surface area contributed by atoms with Crippen molar-refractivity contribution in [1.29, 1.82) is 0 Å². The molecule has 5 heteroatoms. The van der Waals surface area contributed by atoms with Crippen LogP contribution in [0, 0.1) is 6.92 Å². The number of nitrogens with one attached hydrogen (secondary N) is 1. The maximum atomic E-state index is 4.40. The number of thioether (sulfide) groups is 1. The van der Waals surface area contributed by atoms with Crippen LogP contribution in [0.3, 0.4) is 0 Å². The first kappa shape index (κ1) is 12.8. The van der Waals surface area contributed by atoms with Crippen LogP contribution in [0.5, 0.6) is 0 Å². The summed E-state index contributed by atoms with van der Waals surface area (Å²) in [6.07, 6.45) is 2.92. The Morgan fingerprint density at radius 3 is 2.67 bits per heavy atom. The first-order valence-electron chi connectivity index (χ1n) is 5.82. The topological polar surface area (TPSA) is 50.7 Å². The van der Waals surface area contributed by atoms with Crippen LogP contribution in [-0.2, 0) is 6.42 Å². The molecule has 0 atom stereocenters. The van der Waals surface area contributed by atoms with Gasteiger partial charge in [0, 0.05) is 6.54 Å². The van der Waals surface area contributed by atoms with Crippen molar-refractivity contribution in [1.82, 2.24) is 15.2 Å². The molecule has 94 valence electrons. The first-order valence-corrected chi connectivity index (χ1v) is 7.05. The van der Waals surface area contributed by atoms with Gasteiger partial charge in [0.15, 0.2) is 5.82 Å². The van der Waals surface area contributed by atoms with Crippen LogP contribution in [0.1, 0.15) is 11.3 Å². The Hall–Kier alpha value is -1.62. The lowest BCUT2D eigenvalue weighted by molar-refractivity contribution is 0.812. The zero-order chi connectivity index (χ0) is 12.8. The monoisotopic (exact) mass is 260 g/mol. The lowest BCUT2D eigenvalue weighted by Crippen LogP contribution is -2.09. The van der Waals surface area contributed by atoms with Crippen molar-refractivity contribution in [2.75, 3.05) is 18.1 Å². The van der Waals surface area contributed by atoms with Crippen molar-refractivity contribution in [3.63, 3.8) is 0 Å². The van der Waals surface area contributed by atoms with Crippen molar-refractivity contribution >= 4 is 17.6 Å². The van der Waals surface area contributed by atoms with Crippen molar-refractivity contribution in [2.45, 2.75) is 18.5 Å². The molecule has 0 saturated heterocycles. The quantitative estimate of drug-likeness (QED) is 0.837. The highest BCUT2D eigenvalue weighted by Gasteiger charge is 2.04. The molecule has 0 bridgehead atoms. The lowest BCUT2D eigenvalue weighted by Gasteiger charge is -2.08. The van der Waals surface area contributed by atoms with Gasteiger partial charge in [0.25, 0.3) is 0 Å². The zero-order valence-electron chi connectivity index (χ0n) is 10.6. The zero-order valence-corrected chi connectivity index (χ0v) is 11.4. The van der Waals surface area contributed by atoms with Gasteiger partial charge in [0.05, 0.1) is 0 Å². The number of rotatable bonds is 5. The molecule has 1 aromatic carbocycles. The molecule has 18 heavy (non-hydrogen) atoms. The summed E-state index contributed by atoms with van der Waals surface area (Å²) in [6.45, 7) is 2.76. The minimum atomic E-state index is 0.697. The second-order valence-electron chi connectivity index (χ2n) is 3.89. The summed E-state index contributed by atoms with van der Waals surface area (Å²) in [5.74, 6) is 0.824. The first-order chi connectivity index (χ1) is 8.79. The summed E-state index contributed by atoms with van der Waals surface area (Å²) in [7, 11) is 0. The Balaban J connectivity index is 1.94. The van der Waals surface area contributed by atoms with Crippen LogP contribution >= 0.6 is 11.8 Å². The van der Waals surface area contributed by atoms with Crippen LogP contribution in [0.4, 0.5) is 5.82 Å². The van der Waals surface area contributed by atoms with E-state index < -0.39 is 0 Å². The van der Waals surface area contributed by atoms with E-state index in [0.717, 1.165) is 24.5 Å². The number of hydrogen-bond donors (Lipinski definition) is 1. The molecule has 0 spiro atoms. The minimum absolute atomic E-state index is 0.697. The summed E-state index contributed by atoms with van der Waals surface area (Å²) in [5, 5.41) is 12.1. The summed E-state index contributed by atoms with van der Waals surface area (Å²) >= 11 is 1.50. The van der Waals surface area contributed by atoms with Crippen LogP contribution in [0.2, 0.25) is 0 Å². The van der Waals surface area contributed by atoms with Crippen molar-refractivity contribution < 1.29 is 0 Å². The molecular formula is C13H16N4S. The second-order valence-corrected chi connectivity index (χ2v) is 4.67. The van der Waals surface area contributed by atoms with E-state index in [4.69, 9.17) is 0 Å². The van der Waals surface area contributed by atoms with E-state index in [-0.39, 0.29) is 0 Å². The lowest BCUT2D eigenvalue weighted by atomic mass is 10.1. The normalized spacial score (nSPS) is 10.3. The van der Waals surface area contributed by atoms with Gasteiger partial charge in [-0.3, -0.25) is 0 Å². The smallest absolute Gasteiger partial charge is 0.210 e. The molecule has 0 fully saturated rings. The van der Waals surface area contributed by atoms with Gasteiger partial charge in [-0.25, -0.2) is 4.98 Å². The number of benzene rings is 1. The largest absolute Gasteiger partial charge is 0.368 e. The molecule has 0 aliphatic carbocycles. The molecule has 0 radical (unpaired) electrons. The van der Waals surface area contributed by atoms with Crippen LogP contribution in [0.15, 0.2) is 35.5 Å². The second kappa shape index (κ2) is 6.35. The Labute approximate surface area is 111 Å². The van der Waals surface area contributed by atoms with Gasteiger partial charge in [-0.2, -0.15) is 0 Å². The Kier molecular flexibility index (Phi) is 4.52. The highest BCUT2D eigenvalue weighted by atomic mass is 32.2. The third-order valence-electron chi connectivity index (χ3n) is 2.57. The molecule has 0 aliphatic heterocycles. The number of nitrogens with zero attached hydrogens (tertiary/aromatic N) is 3. The SMILES string of the molecule is CSc1nnc(C)c(NCCc2ccccc2)n1. The summed E-state index contributed by atoms with van der Waals surface area (Å²) in [6, 6.07) is 10.4. The van der Waals surface area contributed by atoms with E-state index in [0.29, 0.717) is 5.16 Å². The maximum absolute atomic E-state index is 4.40. The molecule has 2 aromatic rings. The summed E-state index contributed by atoms with van der Waals surface area (Å²) in [4.78, 5) is 4.40. The highest BCUT2D eigenvalue weighted by Crippen LogP contribution is 2.13. The molecule has 1 heterocycles. The highest BCUT2D eigenvalue weighted by molar-refractivity contribution is 7.98. The van der Waals surface area contributed by atoms with E-state index in [1.165, 1.54) is 17.3 Å². The molecule has 0 saturated carbocycles. The fourth-order valence-corrected chi connectivity index (χ4v) is 1.89. The molecule has 0 amide bonds. The Morgan fingerprint density at radius 1 is 1.17 bits per heavy atom. The van der Waals surface area contributed by atoms with Crippen LogP contribution < -0.4 is 5.32 Å². The molecular weight excluding hydrogens is 244 g/mol. The van der Waals surface area contributed by atoms with Gasteiger partial charge < -0.3 is 5.32 Å². The molecule has 1 aromatic heterocycles. The minimum Gasteiger partial charge on any atom is -0.368 e. The van der Waals surface area contributed by atoms with Crippen molar-refractivity contribution in [3.05, 3.63) is 41.6 Å². The standard InChI is InChI=1S/C13H16N4S/c1-10-12(15-13(18-2)17-16-10)14-9-8-11-6-4-3-5-7-11/h3-7H,8-9H2,1-2H3,(H,14,15,17). The van der Waals surface area contributed by atoms with Gasteiger partial charge in [0.1, 0.15) is 5.69 Å². The van der Waals surface area contributed by atoms with E-state index in [2.05, 4.69) is 44.8 Å². The number of anilines is 1. The fourth-order valence-electron chi connectivity index (χ4n) is 1.59. The van der Waals surface area contributed by atoms with Crippen molar-refractivity contribution in [3.8, 4) is 0 Å². The van der Waals surface area contributed by atoms with E-state index in [1.807, 2.05) is 19.2 Å². The number of aromatic nitrogens is 3. The summed E-state index contributed by atoms with van der Waals surface area (Å²) in [5.41, 5.74) is 2.15. The predicted octanol–water partition coefficient (Wildman–Crippen LogP) is 2.56. The van der Waals surface area contributed by atoms with Crippen LogP contribution in [0.25, 0.3) is 0 Å². The average Bonchev–Trinajstić information content (AvgIpc) is 2.42. The van der Waals surface area contributed by atoms with Gasteiger partial charge in [-0.15, -0.1) is 10.2 Å². The Morgan fingerprint density at radius 2 is 1.94 bits per heavy atom. The molecule has 0 unspecified atom stereocenters. The maximum Gasteiger partial charge on any atom is 0.210 e. The molecule has 4 nitrogen and oxygen atoms in total. The third kappa shape index (κ3) is 3.43. The van der Waals surface area contributed by atoms with Crippen LogP contribution in [-0.4, -0.2) is 28.0 Å². The summed E-state index contributed by atoms with van der Waals surface area (Å²) < 4.78 is 0. The number of hydrogen-bond acceptors (Lipinski definition) is 5. The van der Waals surface area contributed by atoms with E-state index in [9.17, 15) is 0 Å². The average molecular weight is 260 g/mol. The van der Waals surface area contributed by atoms with Gasteiger partial charge in [0.2, 0.25) is 5.16 Å². The Bertz CT molecular complexity index is 502. The van der Waals surface area contributed by atoms with E-state index >= 15 is 0 Å². The van der Waals surface area contributed by atoms with Gasteiger partial charge in [-0.1, -0.05) is 42.1 Å². The molecule has 0 aliphatic rings. The van der Waals surface area contributed by atoms with Gasteiger partial charge in [-0.05, 0) is 25.2 Å². The molecule has 1 N–H and O–H groups in total. The number of aryl methyl sites for hydroxylation is 1. The third-order valence-corrected chi connectivity index (χ3v) is 3.11. The van der Waals surface area contributed by atoms with Crippen molar-refractivity contribution in [2.24, 2.45) is 0 Å². The molecule has 2 rings (SSSR count). The fraction of sp³-hybridized carbons (Fsp3) is 0.308. The van der Waals surface area contributed by atoms with E-state index in [1.54, 1.807) is 0 Å². The van der Waals surface area contributed by atoms with Gasteiger partial charge >= 0.3 is 0 Å². The predicted molar refractivity (Wildman–Crippen MR) is 75.0 cm³/mol.